The molecule has 0 aliphatic rings. The summed E-state index contributed by atoms with van der Waals surface area (Å²) >= 11 is 0. The summed E-state index contributed by atoms with van der Waals surface area (Å²) < 4.78 is 5.42. The van der Waals surface area contributed by atoms with E-state index in [0.29, 0.717) is 17.4 Å². The van der Waals surface area contributed by atoms with Crippen molar-refractivity contribution in [1.29, 1.82) is 0 Å². The fourth-order valence-electron chi connectivity index (χ4n) is 1.49. The molecule has 0 N–H and O–H groups in total. The highest BCUT2D eigenvalue weighted by Crippen LogP contribution is 2.13. The van der Waals surface area contributed by atoms with Crippen molar-refractivity contribution >= 4 is 5.97 Å². The molecule has 0 rings (SSSR count). The van der Waals surface area contributed by atoms with Gasteiger partial charge in [0, 0.05) is 5.57 Å². The molecular formula is C13H24O2. The van der Waals surface area contributed by atoms with Crippen LogP contribution in [0.5, 0.6) is 0 Å². The van der Waals surface area contributed by atoms with E-state index in [-0.39, 0.29) is 12.1 Å². The summed E-state index contributed by atoms with van der Waals surface area (Å²) in [6.07, 6.45) is 2.85. The molecule has 0 saturated heterocycles. The summed E-state index contributed by atoms with van der Waals surface area (Å²) in [5.41, 5.74) is 0.712. The molecule has 1 unspecified atom stereocenters. The minimum absolute atomic E-state index is 0.0352. The second kappa shape index (κ2) is 6.65. The normalized spacial score (nSPS) is 14.5. The predicted octanol–water partition coefficient (Wildman–Crippen LogP) is 3.57. The molecule has 0 aromatic heterocycles. The first-order valence-electron chi connectivity index (χ1n) is 5.77. The van der Waals surface area contributed by atoms with Gasteiger partial charge in [0.1, 0.15) is 6.10 Å². The van der Waals surface area contributed by atoms with Crippen LogP contribution in [0.3, 0.4) is 0 Å². The van der Waals surface area contributed by atoms with Gasteiger partial charge in [-0.25, -0.2) is 4.79 Å². The fourth-order valence-corrected chi connectivity index (χ4v) is 1.49. The Morgan fingerprint density at radius 1 is 1.27 bits per heavy atom. The van der Waals surface area contributed by atoms with Crippen LogP contribution in [0.1, 0.15) is 48.0 Å². The van der Waals surface area contributed by atoms with Crippen LogP contribution in [0.15, 0.2) is 11.6 Å². The molecule has 0 fully saturated rings. The lowest BCUT2D eigenvalue weighted by molar-refractivity contribution is -0.146. The van der Waals surface area contributed by atoms with Gasteiger partial charge < -0.3 is 4.74 Å². The summed E-state index contributed by atoms with van der Waals surface area (Å²) in [7, 11) is 0. The number of carbonyl (C=O) groups excluding carboxylic acids is 1. The zero-order valence-electron chi connectivity index (χ0n) is 10.8. The Morgan fingerprint density at radius 3 is 2.13 bits per heavy atom. The van der Waals surface area contributed by atoms with E-state index >= 15 is 0 Å². The molecule has 2 heteroatoms. The highest BCUT2D eigenvalue weighted by molar-refractivity contribution is 5.87. The molecule has 1 atom stereocenters. The fraction of sp³-hybridized carbons (Fsp3) is 0.769. The van der Waals surface area contributed by atoms with Gasteiger partial charge in [-0.3, -0.25) is 0 Å². The molecule has 0 aromatic rings. The number of carbonyl (C=O) groups is 1. The van der Waals surface area contributed by atoms with Crippen molar-refractivity contribution in [3.63, 3.8) is 0 Å². The lowest BCUT2D eigenvalue weighted by Crippen LogP contribution is -2.23. The maximum Gasteiger partial charge on any atom is 0.333 e. The Morgan fingerprint density at radius 2 is 1.80 bits per heavy atom. The van der Waals surface area contributed by atoms with Gasteiger partial charge in [0.2, 0.25) is 0 Å². The van der Waals surface area contributed by atoms with E-state index in [1.807, 2.05) is 19.9 Å². The van der Waals surface area contributed by atoms with Crippen LogP contribution in [0, 0.1) is 11.8 Å². The van der Waals surface area contributed by atoms with Crippen LogP contribution in [-0.4, -0.2) is 12.1 Å². The molecule has 0 spiro atoms. The van der Waals surface area contributed by atoms with Crippen LogP contribution in [0.4, 0.5) is 0 Å². The third-order valence-corrected chi connectivity index (χ3v) is 2.31. The highest BCUT2D eigenvalue weighted by Gasteiger charge is 2.17. The number of rotatable bonds is 5. The predicted molar refractivity (Wildman–Crippen MR) is 63.6 cm³/mol. The zero-order chi connectivity index (χ0) is 12.0. The van der Waals surface area contributed by atoms with E-state index in [4.69, 9.17) is 4.74 Å². The molecule has 0 heterocycles. The maximum absolute atomic E-state index is 11.7. The van der Waals surface area contributed by atoms with E-state index in [0.717, 1.165) is 6.42 Å². The second-order valence-electron chi connectivity index (χ2n) is 4.69. The minimum Gasteiger partial charge on any atom is -0.459 e. The summed E-state index contributed by atoms with van der Waals surface area (Å²) in [5.74, 6) is 0.590. The van der Waals surface area contributed by atoms with E-state index in [1.165, 1.54) is 0 Å². The molecule has 0 aliphatic heterocycles. The lowest BCUT2D eigenvalue weighted by Gasteiger charge is -2.19. The van der Waals surface area contributed by atoms with E-state index in [1.54, 1.807) is 0 Å². The topological polar surface area (TPSA) is 26.3 Å². The van der Waals surface area contributed by atoms with Crippen LogP contribution < -0.4 is 0 Å². The summed E-state index contributed by atoms with van der Waals surface area (Å²) in [4.78, 5) is 11.7. The molecule has 2 nitrogen and oxygen atoms in total. The second-order valence-corrected chi connectivity index (χ2v) is 4.69. The standard InChI is InChI=1S/C13H24O2/c1-7-12(10(4)5)15-13(14)11(6)8-9(2)3/h8-10,12H,7H2,1-6H3/b11-8+. The molecule has 15 heavy (non-hydrogen) atoms. The van der Waals surface area contributed by atoms with Crippen LogP contribution in [0.2, 0.25) is 0 Å². The van der Waals surface area contributed by atoms with E-state index in [2.05, 4.69) is 27.7 Å². The highest BCUT2D eigenvalue weighted by atomic mass is 16.5. The Balaban J connectivity index is 4.35. The molecule has 0 aliphatic carbocycles. The Labute approximate surface area is 93.7 Å². The molecular weight excluding hydrogens is 188 g/mol. The monoisotopic (exact) mass is 212 g/mol. The van der Waals surface area contributed by atoms with Crippen molar-refractivity contribution in [2.45, 2.75) is 54.1 Å². The summed E-state index contributed by atoms with van der Waals surface area (Å²) in [5, 5.41) is 0. The average molecular weight is 212 g/mol. The number of hydrogen-bond acceptors (Lipinski definition) is 2. The number of allylic oxidation sites excluding steroid dienone is 1. The van der Waals surface area contributed by atoms with Gasteiger partial charge in [-0.2, -0.15) is 0 Å². The van der Waals surface area contributed by atoms with Gasteiger partial charge in [-0.05, 0) is 25.2 Å². The first-order chi connectivity index (χ1) is 6.88. The number of ether oxygens (including phenoxy) is 1. The number of esters is 1. The quantitative estimate of drug-likeness (QED) is 0.514. The number of hydrogen-bond donors (Lipinski definition) is 0. The van der Waals surface area contributed by atoms with Gasteiger partial charge in [-0.15, -0.1) is 0 Å². The Hall–Kier alpha value is -0.790. The van der Waals surface area contributed by atoms with Crippen molar-refractivity contribution in [3.8, 4) is 0 Å². The van der Waals surface area contributed by atoms with E-state index < -0.39 is 0 Å². The molecule has 88 valence electrons. The molecule has 0 radical (unpaired) electrons. The third kappa shape index (κ3) is 5.60. The molecule has 0 saturated carbocycles. The summed E-state index contributed by atoms with van der Waals surface area (Å²) in [6, 6.07) is 0. The molecule has 0 aromatic carbocycles. The SMILES string of the molecule is CCC(OC(=O)/C(C)=C/C(C)C)C(C)C. The van der Waals surface area contributed by atoms with Crippen molar-refractivity contribution in [3.05, 3.63) is 11.6 Å². The van der Waals surface area contributed by atoms with Gasteiger partial charge in [0.25, 0.3) is 0 Å². The van der Waals surface area contributed by atoms with Gasteiger partial charge in [0.15, 0.2) is 0 Å². The Kier molecular flexibility index (Phi) is 6.30. The largest absolute Gasteiger partial charge is 0.459 e. The van der Waals surface area contributed by atoms with E-state index in [9.17, 15) is 4.79 Å². The third-order valence-electron chi connectivity index (χ3n) is 2.31. The van der Waals surface area contributed by atoms with Gasteiger partial charge in [0.05, 0.1) is 0 Å². The minimum atomic E-state index is -0.177. The first kappa shape index (κ1) is 14.2. The van der Waals surface area contributed by atoms with Crippen molar-refractivity contribution < 1.29 is 9.53 Å². The Bertz CT molecular complexity index is 227. The van der Waals surface area contributed by atoms with Gasteiger partial charge >= 0.3 is 5.97 Å². The molecule has 0 amide bonds. The van der Waals surface area contributed by atoms with Crippen LogP contribution in [0.25, 0.3) is 0 Å². The van der Waals surface area contributed by atoms with Crippen molar-refractivity contribution in [1.82, 2.24) is 0 Å². The smallest absolute Gasteiger partial charge is 0.333 e. The van der Waals surface area contributed by atoms with Crippen LogP contribution in [-0.2, 0) is 9.53 Å². The lowest BCUT2D eigenvalue weighted by atomic mass is 10.0. The average Bonchev–Trinajstić information content (AvgIpc) is 2.11. The first-order valence-corrected chi connectivity index (χ1v) is 5.77. The van der Waals surface area contributed by atoms with Crippen molar-refractivity contribution in [2.24, 2.45) is 11.8 Å². The summed E-state index contributed by atoms with van der Waals surface area (Å²) in [6.45, 7) is 12.1. The van der Waals surface area contributed by atoms with Crippen molar-refractivity contribution in [2.75, 3.05) is 0 Å². The zero-order valence-corrected chi connectivity index (χ0v) is 10.8. The molecule has 0 bridgehead atoms. The van der Waals surface area contributed by atoms with Crippen LogP contribution >= 0.6 is 0 Å². The maximum atomic E-state index is 11.7. The van der Waals surface area contributed by atoms with Gasteiger partial charge in [-0.1, -0.05) is 40.7 Å².